The molecule has 4 nitrogen and oxygen atoms in total. The van der Waals surface area contributed by atoms with Gasteiger partial charge in [-0.2, -0.15) is 0 Å². The van der Waals surface area contributed by atoms with E-state index in [1.807, 2.05) is 0 Å². The van der Waals surface area contributed by atoms with Gasteiger partial charge in [-0.15, -0.1) is 0 Å². The Kier molecular flexibility index (Phi) is 13.2. The number of hydrogen-bond donors (Lipinski definition) is 0. The number of benzene rings is 3. The van der Waals surface area contributed by atoms with Gasteiger partial charge in [-0.25, -0.2) is 0 Å². The molecular weight excluding hydrogens is 865 g/mol. The predicted octanol–water partition coefficient (Wildman–Crippen LogP) is 17.2. The summed E-state index contributed by atoms with van der Waals surface area (Å²) >= 11 is 0. The van der Waals surface area contributed by atoms with Gasteiger partial charge in [0.25, 0.3) is 0 Å². The Bertz CT molecular complexity index is 2250. The molecule has 0 amide bonds. The predicted molar refractivity (Wildman–Crippen MR) is 290 cm³/mol. The smallest absolute Gasteiger partial charge is 0.192 e. The van der Waals surface area contributed by atoms with E-state index < -0.39 is 22.2 Å². The second kappa shape index (κ2) is 17.3. The average Bonchev–Trinajstić information content (AvgIpc) is 3.26. The molecule has 68 heavy (non-hydrogen) atoms. The van der Waals surface area contributed by atoms with Crippen LogP contribution in [0.1, 0.15) is 164 Å². The van der Waals surface area contributed by atoms with Gasteiger partial charge in [0.15, 0.2) is 16.6 Å². The molecule has 10 atom stereocenters. The van der Waals surface area contributed by atoms with Crippen molar-refractivity contribution in [1.29, 1.82) is 0 Å². The summed E-state index contributed by atoms with van der Waals surface area (Å²) in [6, 6.07) is 30.6. The molecule has 0 heterocycles. The highest BCUT2D eigenvalue weighted by molar-refractivity contribution is 6.74. The largest absolute Gasteiger partial charge is 0.497 e. The molecule has 0 saturated heterocycles. The van der Waals surface area contributed by atoms with Crippen molar-refractivity contribution < 1.29 is 18.3 Å². The lowest BCUT2D eigenvalue weighted by molar-refractivity contribution is -0.225. The first-order chi connectivity index (χ1) is 31.4. The minimum absolute atomic E-state index is 0.0916. The standard InChI is InChI=1S/C62H94O4Si2/c1-54(2,3)67(15,16)65-52-36-37-58(10)50(59(52,11)43-64-62(44-25-21-19-22-26-44,45-27-23-20-24-28-45)46-29-31-47(63-14)32-30-46)35-38-61(13)51(58)34-33-48-49-41-56(7,8)42-53(66-68(17,18)55(4,5)6)57(49,9)39-40-60(48,61)12/h19-33,49-53H,34-43H2,1-18H3/t49-,50?,51+,52-,53+,57+,58-,59+,60+,61+/m0/s1. The van der Waals surface area contributed by atoms with E-state index in [4.69, 9.17) is 18.3 Å². The van der Waals surface area contributed by atoms with E-state index in [9.17, 15) is 0 Å². The number of hydrogen-bond acceptors (Lipinski definition) is 4. The van der Waals surface area contributed by atoms with Crippen LogP contribution in [0.3, 0.4) is 0 Å². The van der Waals surface area contributed by atoms with Crippen LogP contribution in [-0.4, -0.2) is 42.6 Å². The molecule has 8 rings (SSSR count). The number of rotatable bonds is 11. The molecule has 0 spiro atoms. The molecule has 5 aliphatic rings. The molecule has 3 aromatic carbocycles. The molecule has 1 unspecified atom stereocenters. The van der Waals surface area contributed by atoms with Crippen LogP contribution in [0.4, 0.5) is 0 Å². The lowest BCUT2D eigenvalue weighted by Gasteiger charge is -2.72. The van der Waals surface area contributed by atoms with Gasteiger partial charge < -0.3 is 18.3 Å². The lowest BCUT2D eigenvalue weighted by atomic mass is 9.33. The van der Waals surface area contributed by atoms with Crippen LogP contribution >= 0.6 is 0 Å². The Morgan fingerprint density at radius 2 is 1.10 bits per heavy atom. The number of ether oxygens (including phenoxy) is 2. The van der Waals surface area contributed by atoms with E-state index in [1.54, 1.807) is 12.7 Å². The summed E-state index contributed by atoms with van der Waals surface area (Å²) in [6.07, 6.45) is 14.1. The zero-order valence-electron chi connectivity index (χ0n) is 46.3. The third kappa shape index (κ3) is 8.24. The van der Waals surface area contributed by atoms with Gasteiger partial charge in [0.05, 0.1) is 25.9 Å². The summed E-state index contributed by atoms with van der Waals surface area (Å²) in [5, 5.41) is 0.287. The Labute approximate surface area is 417 Å². The van der Waals surface area contributed by atoms with Crippen LogP contribution in [0.25, 0.3) is 0 Å². The minimum Gasteiger partial charge on any atom is -0.497 e. The molecule has 4 saturated carbocycles. The molecule has 0 bridgehead atoms. The Morgan fingerprint density at radius 3 is 1.63 bits per heavy atom. The van der Waals surface area contributed by atoms with Crippen LogP contribution in [0.2, 0.25) is 36.3 Å². The van der Waals surface area contributed by atoms with Crippen molar-refractivity contribution in [3.63, 3.8) is 0 Å². The fourth-order valence-corrected chi connectivity index (χ4v) is 18.1. The SMILES string of the molecule is COc1ccc(C(OC[C@]2(C)C3CC[C@]4(C)[C@H](CC=C5[C@@H]6CC(C)(C)C[C@@H](O[Si](C)(C)C(C)(C)C)[C@]6(C)CC[C@]54C)[C@@]3(C)CC[C@@H]2O[Si](C)(C)C(C)(C)C)(c2ccccc2)c2ccccc2)cc1. The van der Waals surface area contributed by atoms with E-state index >= 15 is 0 Å². The molecule has 0 radical (unpaired) electrons. The minimum atomic E-state index is -2.18. The van der Waals surface area contributed by atoms with Gasteiger partial charge in [-0.05, 0) is 168 Å². The van der Waals surface area contributed by atoms with Gasteiger partial charge in [0.2, 0.25) is 0 Å². The van der Waals surface area contributed by atoms with Crippen molar-refractivity contribution >= 4 is 16.6 Å². The Balaban J connectivity index is 1.22. The lowest BCUT2D eigenvalue weighted by Crippen LogP contribution is -2.67. The van der Waals surface area contributed by atoms with Gasteiger partial charge in [0, 0.05) is 5.41 Å². The highest BCUT2D eigenvalue weighted by Crippen LogP contribution is 2.76. The van der Waals surface area contributed by atoms with Crippen molar-refractivity contribution in [2.45, 2.75) is 202 Å². The van der Waals surface area contributed by atoms with E-state index in [1.165, 1.54) is 51.4 Å². The zero-order chi connectivity index (χ0) is 49.8. The quantitative estimate of drug-likeness (QED) is 0.109. The Hall–Kier alpha value is -2.49. The first-order valence-electron chi connectivity index (χ1n) is 26.9. The van der Waals surface area contributed by atoms with E-state index in [0.717, 1.165) is 28.9 Å². The summed E-state index contributed by atoms with van der Waals surface area (Å²) in [7, 11) is -2.41. The van der Waals surface area contributed by atoms with Crippen molar-refractivity contribution in [3.8, 4) is 5.75 Å². The van der Waals surface area contributed by atoms with Crippen LogP contribution in [0.5, 0.6) is 5.75 Å². The molecule has 5 aliphatic carbocycles. The van der Waals surface area contributed by atoms with Gasteiger partial charge in [-0.3, -0.25) is 0 Å². The molecule has 3 aromatic rings. The molecule has 0 N–H and O–H groups in total. The van der Waals surface area contributed by atoms with Gasteiger partial charge >= 0.3 is 0 Å². The van der Waals surface area contributed by atoms with Crippen molar-refractivity contribution in [2.75, 3.05) is 13.7 Å². The van der Waals surface area contributed by atoms with Crippen LogP contribution in [-0.2, 0) is 19.2 Å². The van der Waals surface area contributed by atoms with E-state index in [-0.39, 0.29) is 48.7 Å². The molecule has 0 aromatic heterocycles. The maximum Gasteiger partial charge on any atom is 0.192 e. The van der Waals surface area contributed by atoms with Crippen LogP contribution < -0.4 is 4.74 Å². The summed E-state index contributed by atoms with van der Waals surface area (Å²) in [4.78, 5) is 0. The maximum atomic E-state index is 8.02. The monoisotopic (exact) mass is 959 g/mol. The fourth-order valence-electron chi connectivity index (χ4n) is 15.3. The topological polar surface area (TPSA) is 36.9 Å². The summed E-state index contributed by atoms with van der Waals surface area (Å²) < 4.78 is 29.2. The fraction of sp³-hybridized carbons (Fsp3) is 0.677. The zero-order valence-corrected chi connectivity index (χ0v) is 48.3. The molecule has 0 aliphatic heterocycles. The third-order valence-electron chi connectivity index (χ3n) is 21.8. The van der Waals surface area contributed by atoms with Gasteiger partial charge in [0.1, 0.15) is 11.4 Å². The van der Waals surface area contributed by atoms with Crippen molar-refractivity contribution in [1.82, 2.24) is 0 Å². The van der Waals surface area contributed by atoms with Crippen LogP contribution in [0, 0.1) is 50.2 Å². The highest BCUT2D eigenvalue weighted by atomic mass is 28.4. The van der Waals surface area contributed by atoms with Gasteiger partial charge in [-0.1, -0.05) is 174 Å². The highest BCUT2D eigenvalue weighted by Gasteiger charge is 2.70. The second-order valence-corrected chi connectivity index (χ2v) is 37.6. The molecule has 4 fully saturated rings. The number of fused-ring (bicyclic) bond motifs is 7. The summed E-state index contributed by atoms with van der Waals surface area (Å²) in [6.45, 7) is 43.6. The van der Waals surface area contributed by atoms with E-state index in [0.29, 0.717) is 30.5 Å². The molecule has 6 heteroatoms. The first kappa shape index (κ1) is 51.9. The third-order valence-corrected chi connectivity index (χ3v) is 30.7. The van der Waals surface area contributed by atoms with Crippen molar-refractivity contribution in [2.24, 2.45) is 50.2 Å². The molecule has 374 valence electrons. The maximum absolute atomic E-state index is 8.02. The second-order valence-electron chi connectivity index (χ2n) is 28.1. The molecular formula is C62H94O4Si2. The average molecular weight is 960 g/mol. The summed E-state index contributed by atoms with van der Waals surface area (Å²) in [5.74, 6) is 2.41. The van der Waals surface area contributed by atoms with Crippen LogP contribution in [0.15, 0.2) is 96.6 Å². The summed E-state index contributed by atoms with van der Waals surface area (Å²) in [5.41, 5.74) is 4.96. The number of allylic oxidation sites excluding steroid dienone is 2. The normalized spacial score (nSPS) is 35.3. The number of methoxy groups -OCH3 is 1. The van der Waals surface area contributed by atoms with Crippen molar-refractivity contribution in [3.05, 3.63) is 113 Å². The first-order valence-corrected chi connectivity index (χ1v) is 32.7. The van der Waals surface area contributed by atoms with E-state index in [2.05, 4.69) is 207 Å². The Morgan fingerprint density at radius 1 is 0.574 bits per heavy atom.